The maximum absolute atomic E-state index is 12.9. The molecule has 26 heavy (non-hydrogen) atoms. The number of ketones is 2. The second-order valence-electron chi connectivity index (χ2n) is 5.77. The quantitative estimate of drug-likeness (QED) is 0.575. The lowest BCUT2D eigenvalue weighted by atomic mass is 9.83. The zero-order valence-electron chi connectivity index (χ0n) is 13.6. The Kier molecular flexibility index (Phi) is 3.82. The van der Waals surface area contributed by atoms with E-state index in [1.807, 2.05) is 0 Å². The van der Waals surface area contributed by atoms with E-state index in [0.29, 0.717) is 28.1 Å². The van der Waals surface area contributed by atoms with E-state index in [1.54, 1.807) is 54.6 Å². The molecule has 0 atom stereocenters. The summed E-state index contributed by atoms with van der Waals surface area (Å²) in [6.45, 7) is 0. The van der Waals surface area contributed by atoms with Gasteiger partial charge in [-0.2, -0.15) is 0 Å². The van der Waals surface area contributed by atoms with Gasteiger partial charge in [-0.1, -0.05) is 36.4 Å². The molecule has 0 spiro atoms. The van der Waals surface area contributed by atoms with Crippen molar-refractivity contribution in [2.45, 2.75) is 0 Å². The van der Waals surface area contributed by atoms with Gasteiger partial charge < -0.3 is 9.73 Å². The zero-order chi connectivity index (χ0) is 18.1. The van der Waals surface area contributed by atoms with Crippen molar-refractivity contribution in [1.82, 2.24) is 0 Å². The van der Waals surface area contributed by atoms with Crippen molar-refractivity contribution in [3.63, 3.8) is 0 Å². The molecule has 1 amide bonds. The molecule has 1 aromatic heterocycles. The van der Waals surface area contributed by atoms with Crippen LogP contribution in [-0.2, 0) is 4.79 Å². The molecule has 1 heterocycles. The molecule has 0 saturated carbocycles. The van der Waals surface area contributed by atoms with Gasteiger partial charge in [0.15, 0.2) is 11.6 Å². The third-order valence-corrected chi connectivity index (χ3v) is 4.15. The summed E-state index contributed by atoms with van der Waals surface area (Å²) < 4.78 is 5.13. The van der Waals surface area contributed by atoms with Gasteiger partial charge >= 0.3 is 0 Å². The Labute approximate surface area is 149 Å². The molecule has 4 rings (SSSR count). The maximum Gasteiger partial charge on any atom is 0.248 e. The molecule has 0 unspecified atom stereocenters. The number of hydrogen-bond donors (Lipinski definition) is 1. The van der Waals surface area contributed by atoms with Gasteiger partial charge in [-0.3, -0.25) is 14.4 Å². The van der Waals surface area contributed by atoms with Gasteiger partial charge in [-0.15, -0.1) is 0 Å². The minimum atomic E-state index is -0.422. The highest BCUT2D eigenvalue weighted by Crippen LogP contribution is 2.31. The van der Waals surface area contributed by atoms with E-state index >= 15 is 0 Å². The summed E-state index contributed by atoms with van der Waals surface area (Å²) in [5.41, 5.74) is 1.55. The lowest BCUT2D eigenvalue weighted by Gasteiger charge is -2.20. The first-order chi connectivity index (χ1) is 12.6. The fourth-order valence-electron chi connectivity index (χ4n) is 2.97. The predicted octanol–water partition coefficient (Wildman–Crippen LogP) is 3.71. The first kappa shape index (κ1) is 15.8. The van der Waals surface area contributed by atoms with Crippen molar-refractivity contribution in [3.05, 3.63) is 95.0 Å². The molecule has 1 aliphatic carbocycles. The van der Waals surface area contributed by atoms with Crippen LogP contribution < -0.4 is 5.32 Å². The smallest absolute Gasteiger partial charge is 0.248 e. The van der Waals surface area contributed by atoms with Gasteiger partial charge in [0.1, 0.15) is 5.76 Å². The number of carbonyl (C=O) groups excluding carboxylic acids is 3. The highest BCUT2D eigenvalue weighted by molar-refractivity contribution is 6.30. The van der Waals surface area contributed by atoms with Gasteiger partial charge in [0.2, 0.25) is 5.91 Å². The van der Waals surface area contributed by atoms with Gasteiger partial charge in [-0.25, -0.2) is 0 Å². The van der Waals surface area contributed by atoms with Crippen molar-refractivity contribution in [3.8, 4) is 0 Å². The molecule has 0 radical (unpaired) electrons. The number of anilines is 1. The Morgan fingerprint density at radius 2 is 1.58 bits per heavy atom. The Bertz CT molecular complexity index is 1060. The predicted molar refractivity (Wildman–Crippen MR) is 96.1 cm³/mol. The summed E-state index contributed by atoms with van der Waals surface area (Å²) in [4.78, 5) is 37.7. The number of amides is 1. The lowest BCUT2D eigenvalue weighted by molar-refractivity contribution is -0.111. The number of furan rings is 1. The Morgan fingerprint density at radius 3 is 2.31 bits per heavy atom. The lowest BCUT2D eigenvalue weighted by Crippen LogP contribution is -2.23. The topological polar surface area (TPSA) is 76.4 Å². The van der Waals surface area contributed by atoms with Crippen molar-refractivity contribution < 1.29 is 18.8 Å². The van der Waals surface area contributed by atoms with E-state index in [-0.39, 0.29) is 17.1 Å². The number of benzene rings is 2. The summed E-state index contributed by atoms with van der Waals surface area (Å²) in [6.07, 6.45) is 4.33. The van der Waals surface area contributed by atoms with Crippen LogP contribution in [0, 0.1) is 0 Å². The number of carbonyl (C=O) groups is 3. The van der Waals surface area contributed by atoms with Gasteiger partial charge in [0.25, 0.3) is 0 Å². The summed E-state index contributed by atoms with van der Waals surface area (Å²) >= 11 is 0. The van der Waals surface area contributed by atoms with Gasteiger partial charge in [-0.05, 0) is 24.3 Å². The fourth-order valence-corrected chi connectivity index (χ4v) is 2.97. The van der Waals surface area contributed by atoms with Crippen LogP contribution in [0.25, 0.3) is 6.08 Å². The average Bonchev–Trinajstić information content (AvgIpc) is 3.18. The van der Waals surface area contributed by atoms with Crippen LogP contribution in [0.2, 0.25) is 0 Å². The van der Waals surface area contributed by atoms with Crippen molar-refractivity contribution >= 4 is 29.2 Å². The molecule has 2 aromatic carbocycles. The molecule has 5 nitrogen and oxygen atoms in total. The van der Waals surface area contributed by atoms with E-state index in [4.69, 9.17) is 4.42 Å². The molecule has 0 aliphatic heterocycles. The van der Waals surface area contributed by atoms with Gasteiger partial charge in [0, 0.05) is 22.8 Å². The molecule has 3 aromatic rings. The van der Waals surface area contributed by atoms with Crippen LogP contribution in [-0.4, -0.2) is 17.5 Å². The number of hydrogen-bond acceptors (Lipinski definition) is 4. The standard InChI is InChI=1S/C21H13NO4/c23-18(11-10-13-5-4-12-26-13)22-17-9-3-8-16-19(17)21(25)15-7-2-1-6-14(15)20(16)24/h1-12H,(H,22,23). The second-order valence-corrected chi connectivity index (χ2v) is 5.77. The monoisotopic (exact) mass is 343 g/mol. The zero-order valence-corrected chi connectivity index (χ0v) is 13.6. The first-order valence-electron chi connectivity index (χ1n) is 7.99. The molecule has 1 N–H and O–H groups in total. The van der Waals surface area contributed by atoms with Crippen LogP contribution in [0.3, 0.4) is 0 Å². The van der Waals surface area contributed by atoms with Crippen LogP contribution in [0.1, 0.15) is 37.6 Å². The normalized spacial score (nSPS) is 12.8. The minimum absolute atomic E-state index is 0.218. The summed E-state index contributed by atoms with van der Waals surface area (Å²) in [7, 11) is 0. The molecule has 0 fully saturated rings. The summed E-state index contributed by atoms with van der Waals surface area (Å²) in [5.74, 6) is -0.386. The number of fused-ring (bicyclic) bond motifs is 2. The fraction of sp³-hybridized carbons (Fsp3) is 0. The Hall–Kier alpha value is -3.73. The van der Waals surface area contributed by atoms with E-state index in [9.17, 15) is 14.4 Å². The number of nitrogens with one attached hydrogen (secondary N) is 1. The maximum atomic E-state index is 12.9. The Balaban J connectivity index is 1.68. The average molecular weight is 343 g/mol. The molecule has 0 bridgehead atoms. The summed E-state index contributed by atoms with van der Waals surface area (Å²) in [5, 5.41) is 2.67. The molecule has 1 aliphatic rings. The van der Waals surface area contributed by atoms with Gasteiger partial charge in [0.05, 0.1) is 17.5 Å². The Morgan fingerprint density at radius 1 is 0.846 bits per heavy atom. The van der Waals surface area contributed by atoms with Crippen LogP contribution in [0.4, 0.5) is 5.69 Å². The SMILES string of the molecule is O=C(C=Cc1ccco1)Nc1cccc2c1C(=O)c1ccccc1C2=O. The third-order valence-electron chi connectivity index (χ3n) is 4.15. The second kappa shape index (κ2) is 6.29. The van der Waals surface area contributed by atoms with Crippen LogP contribution in [0.15, 0.2) is 71.4 Å². The third kappa shape index (κ3) is 2.65. The molecule has 5 heteroatoms. The molecular weight excluding hydrogens is 330 g/mol. The molecule has 0 saturated heterocycles. The number of rotatable bonds is 3. The van der Waals surface area contributed by atoms with Crippen molar-refractivity contribution in [1.29, 1.82) is 0 Å². The van der Waals surface area contributed by atoms with Crippen molar-refractivity contribution in [2.75, 3.05) is 5.32 Å². The van der Waals surface area contributed by atoms with E-state index in [1.165, 1.54) is 18.4 Å². The molecule has 126 valence electrons. The molecular formula is C21H13NO4. The van der Waals surface area contributed by atoms with Crippen molar-refractivity contribution in [2.24, 2.45) is 0 Å². The highest BCUT2D eigenvalue weighted by atomic mass is 16.3. The largest absolute Gasteiger partial charge is 0.465 e. The van der Waals surface area contributed by atoms with Crippen LogP contribution in [0.5, 0.6) is 0 Å². The van der Waals surface area contributed by atoms with E-state index < -0.39 is 5.91 Å². The van der Waals surface area contributed by atoms with Crippen LogP contribution >= 0.6 is 0 Å². The first-order valence-corrected chi connectivity index (χ1v) is 7.99. The summed E-state index contributed by atoms with van der Waals surface area (Å²) in [6, 6.07) is 15.0. The minimum Gasteiger partial charge on any atom is -0.465 e. The van der Waals surface area contributed by atoms with E-state index in [0.717, 1.165) is 0 Å². The highest BCUT2D eigenvalue weighted by Gasteiger charge is 2.31. The van der Waals surface area contributed by atoms with E-state index in [2.05, 4.69) is 5.32 Å².